The van der Waals surface area contributed by atoms with Gasteiger partial charge in [0.05, 0.1) is 4.90 Å². The van der Waals surface area contributed by atoms with Gasteiger partial charge in [-0.05, 0) is 31.0 Å². The lowest BCUT2D eigenvalue weighted by molar-refractivity contribution is 0.0956. The Balaban J connectivity index is 1.86. The molecule has 1 aromatic carbocycles. The summed E-state index contributed by atoms with van der Waals surface area (Å²) in [6, 6.07) is 6.17. The van der Waals surface area contributed by atoms with E-state index in [9.17, 15) is 13.2 Å². The Bertz CT molecular complexity index is 654. The van der Waals surface area contributed by atoms with E-state index in [1.165, 1.54) is 58.3 Å². The second-order valence-corrected chi connectivity index (χ2v) is 9.76. The van der Waals surface area contributed by atoms with E-state index in [2.05, 4.69) is 5.32 Å². The van der Waals surface area contributed by atoms with E-state index in [4.69, 9.17) is 0 Å². The maximum Gasteiger partial charge on any atom is 0.251 e. The van der Waals surface area contributed by atoms with Crippen LogP contribution in [0.2, 0.25) is 0 Å². The van der Waals surface area contributed by atoms with Crippen LogP contribution in [-0.4, -0.2) is 50.3 Å². The molecule has 0 bridgehead atoms. The predicted molar refractivity (Wildman–Crippen MR) is 99.0 cm³/mol. The highest BCUT2D eigenvalue weighted by atomic mass is 32.2. The zero-order valence-electron chi connectivity index (χ0n) is 14.3. The van der Waals surface area contributed by atoms with Crippen molar-refractivity contribution in [2.24, 2.45) is 0 Å². The van der Waals surface area contributed by atoms with Crippen molar-refractivity contribution in [3.8, 4) is 0 Å². The number of carbonyl (C=O) groups excluding carboxylic acids is 1. The molecule has 0 heterocycles. The van der Waals surface area contributed by atoms with Crippen LogP contribution in [0.5, 0.6) is 0 Å². The average molecular weight is 371 g/mol. The molecule has 0 unspecified atom stereocenters. The topological polar surface area (TPSA) is 66.5 Å². The van der Waals surface area contributed by atoms with E-state index in [0.717, 1.165) is 15.3 Å². The van der Waals surface area contributed by atoms with Gasteiger partial charge < -0.3 is 5.32 Å². The van der Waals surface area contributed by atoms with Gasteiger partial charge in [0, 0.05) is 37.2 Å². The summed E-state index contributed by atoms with van der Waals surface area (Å²) in [6.45, 7) is 0.602. The van der Waals surface area contributed by atoms with Crippen molar-refractivity contribution in [2.75, 3.05) is 26.4 Å². The number of hydrogen-bond acceptors (Lipinski definition) is 4. The van der Waals surface area contributed by atoms with Crippen LogP contribution in [0.25, 0.3) is 0 Å². The smallest absolute Gasteiger partial charge is 0.251 e. The van der Waals surface area contributed by atoms with Gasteiger partial charge in [-0.25, -0.2) is 12.7 Å². The zero-order valence-corrected chi connectivity index (χ0v) is 16.0. The van der Waals surface area contributed by atoms with Crippen molar-refractivity contribution in [3.05, 3.63) is 29.8 Å². The molecule has 24 heavy (non-hydrogen) atoms. The molecule has 0 atom stereocenters. The van der Waals surface area contributed by atoms with Crippen molar-refractivity contribution in [3.63, 3.8) is 0 Å². The van der Waals surface area contributed by atoms with Gasteiger partial charge in [0.2, 0.25) is 10.0 Å². The predicted octanol–water partition coefficient (Wildman–Crippen LogP) is 2.73. The van der Waals surface area contributed by atoms with Crippen LogP contribution in [0.15, 0.2) is 29.2 Å². The van der Waals surface area contributed by atoms with E-state index in [-0.39, 0.29) is 10.8 Å². The van der Waals surface area contributed by atoms with Gasteiger partial charge >= 0.3 is 0 Å². The third kappa shape index (κ3) is 5.22. The van der Waals surface area contributed by atoms with E-state index in [1.54, 1.807) is 12.1 Å². The summed E-state index contributed by atoms with van der Waals surface area (Å²) in [5.74, 6) is 0.668. The molecule has 0 radical (unpaired) electrons. The lowest BCUT2D eigenvalue weighted by Crippen LogP contribution is -2.27. The third-order valence-electron chi connectivity index (χ3n) is 4.17. The first-order chi connectivity index (χ1) is 11.4. The molecule has 1 aliphatic carbocycles. The van der Waals surface area contributed by atoms with Gasteiger partial charge in [-0.15, -0.1) is 0 Å². The molecule has 1 aromatic rings. The largest absolute Gasteiger partial charge is 0.351 e. The Labute approximate surface area is 149 Å². The van der Waals surface area contributed by atoms with Crippen LogP contribution in [0.1, 0.15) is 42.5 Å². The fourth-order valence-electron chi connectivity index (χ4n) is 2.73. The maximum absolute atomic E-state index is 12.2. The Morgan fingerprint density at radius 3 is 2.62 bits per heavy atom. The minimum Gasteiger partial charge on any atom is -0.351 e. The van der Waals surface area contributed by atoms with Gasteiger partial charge in [0.1, 0.15) is 0 Å². The van der Waals surface area contributed by atoms with Gasteiger partial charge in [0.15, 0.2) is 0 Å². The molecule has 0 saturated heterocycles. The number of amides is 1. The molecule has 1 saturated carbocycles. The number of hydrogen-bond donors (Lipinski definition) is 1. The number of benzene rings is 1. The summed E-state index contributed by atoms with van der Waals surface area (Å²) in [6.07, 6.45) is 6.54. The number of nitrogens with one attached hydrogen (secondary N) is 1. The molecule has 1 amide bonds. The second-order valence-electron chi connectivity index (χ2n) is 6.20. The number of thioether (sulfide) groups is 1. The SMILES string of the molecule is CN(C)S(=O)(=O)c1cccc(C(=O)NCCSC2CCCCC2)c1. The summed E-state index contributed by atoms with van der Waals surface area (Å²) < 4.78 is 25.4. The first kappa shape index (κ1) is 19.3. The average Bonchev–Trinajstić information content (AvgIpc) is 2.59. The number of nitrogens with zero attached hydrogens (tertiary/aromatic N) is 1. The zero-order chi connectivity index (χ0) is 17.6. The molecule has 134 valence electrons. The molecule has 1 aliphatic rings. The van der Waals surface area contributed by atoms with Crippen molar-refractivity contribution < 1.29 is 13.2 Å². The van der Waals surface area contributed by atoms with Crippen molar-refractivity contribution in [1.82, 2.24) is 9.62 Å². The van der Waals surface area contributed by atoms with Crippen LogP contribution in [-0.2, 0) is 10.0 Å². The number of carbonyl (C=O) groups is 1. The van der Waals surface area contributed by atoms with Crippen LogP contribution in [0, 0.1) is 0 Å². The Kier molecular flexibility index (Phi) is 7.13. The highest BCUT2D eigenvalue weighted by molar-refractivity contribution is 7.99. The molecule has 2 rings (SSSR count). The molecule has 0 aromatic heterocycles. The van der Waals surface area contributed by atoms with Crippen LogP contribution in [0.4, 0.5) is 0 Å². The summed E-state index contributed by atoms with van der Waals surface area (Å²) in [5.41, 5.74) is 0.376. The van der Waals surface area contributed by atoms with Crippen LogP contribution >= 0.6 is 11.8 Å². The second kappa shape index (κ2) is 8.87. The fraction of sp³-hybridized carbons (Fsp3) is 0.588. The van der Waals surface area contributed by atoms with Crippen LogP contribution < -0.4 is 5.32 Å². The fourth-order valence-corrected chi connectivity index (χ4v) is 4.90. The highest BCUT2D eigenvalue weighted by Crippen LogP contribution is 2.27. The number of sulfonamides is 1. The molecule has 1 fully saturated rings. The minimum atomic E-state index is -3.52. The summed E-state index contributed by atoms with van der Waals surface area (Å²) >= 11 is 1.93. The molecular formula is C17H26N2O3S2. The molecule has 0 aliphatic heterocycles. The Morgan fingerprint density at radius 2 is 1.96 bits per heavy atom. The first-order valence-corrected chi connectivity index (χ1v) is 10.8. The third-order valence-corrected chi connectivity index (χ3v) is 7.36. The van der Waals surface area contributed by atoms with Crippen molar-refractivity contribution in [2.45, 2.75) is 42.2 Å². The Morgan fingerprint density at radius 1 is 1.25 bits per heavy atom. The van der Waals surface area contributed by atoms with Gasteiger partial charge in [-0.2, -0.15) is 11.8 Å². The number of rotatable bonds is 7. The van der Waals surface area contributed by atoms with Gasteiger partial charge in [-0.3, -0.25) is 4.79 Å². The summed E-state index contributed by atoms with van der Waals surface area (Å²) in [5, 5.41) is 3.60. The molecule has 0 spiro atoms. The summed E-state index contributed by atoms with van der Waals surface area (Å²) in [4.78, 5) is 12.4. The highest BCUT2D eigenvalue weighted by Gasteiger charge is 2.19. The van der Waals surface area contributed by atoms with Crippen molar-refractivity contribution >= 4 is 27.7 Å². The van der Waals surface area contributed by atoms with Crippen LogP contribution in [0.3, 0.4) is 0 Å². The normalized spacial score (nSPS) is 16.3. The van der Waals surface area contributed by atoms with E-state index in [1.807, 2.05) is 11.8 Å². The van der Waals surface area contributed by atoms with Gasteiger partial charge in [0.25, 0.3) is 5.91 Å². The first-order valence-electron chi connectivity index (χ1n) is 8.33. The van der Waals surface area contributed by atoms with Crippen molar-refractivity contribution in [1.29, 1.82) is 0 Å². The van der Waals surface area contributed by atoms with E-state index < -0.39 is 10.0 Å². The van der Waals surface area contributed by atoms with E-state index in [0.29, 0.717) is 12.1 Å². The van der Waals surface area contributed by atoms with Gasteiger partial charge in [-0.1, -0.05) is 25.3 Å². The maximum atomic E-state index is 12.2. The quantitative estimate of drug-likeness (QED) is 0.750. The monoisotopic (exact) mass is 370 g/mol. The summed E-state index contributed by atoms with van der Waals surface area (Å²) in [7, 11) is -0.570. The van der Waals surface area contributed by atoms with E-state index >= 15 is 0 Å². The molecule has 7 heteroatoms. The Hall–Kier alpha value is -1.05. The molecule has 1 N–H and O–H groups in total. The molecular weight excluding hydrogens is 344 g/mol. The minimum absolute atomic E-state index is 0.136. The standard InChI is InChI=1S/C17H26N2O3S2/c1-19(2)24(21,22)16-10-6-7-14(13-16)17(20)18-11-12-23-15-8-4-3-5-9-15/h6-7,10,13,15H,3-5,8-9,11-12H2,1-2H3,(H,18,20). The lowest BCUT2D eigenvalue weighted by atomic mass is 10.0. The molecule has 5 nitrogen and oxygen atoms in total. The lowest BCUT2D eigenvalue weighted by Gasteiger charge is -2.20.